The largest absolute Gasteiger partial charge is 0.354 e. The van der Waals surface area contributed by atoms with Gasteiger partial charge in [-0.25, -0.2) is 0 Å². The molecule has 39 heavy (non-hydrogen) atoms. The first-order chi connectivity index (χ1) is 18.9. The van der Waals surface area contributed by atoms with Gasteiger partial charge in [-0.15, -0.1) is 0 Å². The number of likely N-dealkylation sites (tertiary alicyclic amines) is 1. The van der Waals surface area contributed by atoms with Gasteiger partial charge in [-0.05, 0) is 94.9 Å². The zero-order chi connectivity index (χ0) is 27.4. The van der Waals surface area contributed by atoms with E-state index in [0.717, 1.165) is 37.9 Å². The SMILES string of the molecule is Cc1ccc(CN(C2CC2)C2CCN(C(=O)c3ccc(C)cc3)[C@@H](C(=O)NCC3CCCC(CN)C3)C2)cc1. The van der Waals surface area contributed by atoms with Crippen LogP contribution in [0.3, 0.4) is 0 Å². The third-order valence-corrected chi connectivity index (χ3v) is 9.20. The van der Waals surface area contributed by atoms with Gasteiger partial charge >= 0.3 is 0 Å². The molecule has 5 rings (SSSR count). The number of amides is 2. The molecule has 0 radical (unpaired) electrons. The van der Waals surface area contributed by atoms with Gasteiger partial charge in [-0.2, -0.15) is 0 Å². The van der Waals surface area contributed by atoms with Crippen molar-refractivity contribution < 1.29 is 9.59 Å². The Labute approximate surface area is 234 Å². The highest BCUT2D eigenvalue weighted by Crippen LogP contribution is 2.35. The van der Waals surface area contributed by atoms with Crippen LogP contribution in [0, 0.1) is 25.7 Å². The van der Waals surface area contributed by atoms with Gasteiger partial charge in [0.2, 0.25) is 5.91 Å². The monoisotopic (exact) mass is 530 g/mol. The van der Waals surface area contributed by atoms with E-state index < -0.39 is 6.04 Å². The summed E-state index contributed by atoms with van der Waals surface area (Å²) in [4.78, 5) is 31.9. The quantitative estimate of drug-likeness (QED) is 0.487. The molecule has 0 aromatic heterocycles. The minimum Gasteiger partial charge on any atom is -0.354 e. The van der Waals surface area contributed by atoms with Crippen molar-refractivity contribution in [3.63, 3.8) is 0 Å². The van der Waals surface area contributed by atoms with Crippen LogP contribution in [0.15, 0.2) is 48.5 Å². The fraction of sp³-hybridized carbons (Fsp3) is 0.576. The Morgan fingerprint density at radius 2 is 1.54 bits per heavy atom. The lowest BCUT2D eigenvalue weighted by molar-refractivity contribution is -0.128. The second-order valence-electron chi connectivity index (χ2n) is 12.3. The number of benzene rings is 2. The second kappa shape index (κ2) is 12.6. The molecule has 6 nitrogen and oxygen atoms in total. The lowest BCUT2D eigenvalue weighted by atomic mass is 9.81. The highest BCUT2D eigenvalue weighted by Gasteiger charge is 2.42. The number of nitrogens with one attached hydrogen (secondary N) is 1. The normalized spacial score (nSPS) is 25.5. The smallest absolute Gasteiger partial charge is 0.254 e. The fourth-order valence-corrected chi connectivity index (χ4v) is 6.63. The molecule has 1 heterocycles. The van der Waals surface area contributed by atoms with E-state index in [4.69, 9.17) is 5.73 Å². The zero-order valence-electron chi connectivity index (χ0n) is 23.8. The number of hydrogen-bond donors (Lipinski definition) is 2. The molecule has 4 atom stereocenters. The van der Waals surface area contributed by atoms with Crippen molar-refractivity contribution in [2.24, 2.45) is 17.6 Å². The van der Waals surface area contributed by atoms with Crippen molar-refractivity contribution in [1.29, 1.82) is 0 Å². The van der Waals surface area contributed by atoms with Crippen molar-refractivity contribution in [1.82, 2.24) is 15.1 Å². The molecule has 3 unspecified atom stereocenters. The number of nitrogens with two attached hydrogens (primary N) is 1. The molecule has 0 bridgehead atoms. The summed E-state index contributed by atoms with van der Waals surface area (Å²) < 4.78 is 0. The molecule has 6 heteroatoms. The Kier molecular flexibility index (Phi) is 9.03. The number of carbonyl (C=O) groups is 2. The van der Waals surface area contributed by atoms with Crippen LogP contribution in [0.5, 0.6) is 0 Å². The summed E-state index contributed by atoms with van der Waals surface area (Å²) in [6, 6.07) is 17.0. The number of rotatable bonds is 9. The summed E-state index contributed by atoms with van der Waals surface area (Å²) in [5, 5.41) is 3.28. The maximum atomic E-state index is 13.8. The van der Waals surface area contributed by atoms with Gasteiger partial charge in [-0.3, -0.25) is 14.5 Å². The Morgan fingerprint density at radius 3 is 2.21 bits per heavy atom. The van der Waals surface area contributed by atoms with E-state index in [0.29, 0.717) is 43.0 Å². The molecule has 1 aliphatic heterocycles. The van der Waals surface area contributed by atoms with E-state index in [1.54, 1.807) is 0 Å². The second-order valence-corrected chi connectivity index (χ2v) is 12.3. The maximum absolute atomic E-state index is 13.8. The predicted octanol–water partition coefficient (Wildman–Crippen LogP) is 4.82. The number of piperidine rings is 1. The van der Waals surface area contributed by atoms with Gasteiger partial charge in [-0.1, -0.05) is 53.9 Å². The summed E-state index contributed by atoms with van der Waals surface area (Å²) >= 11 is 0. The van der Waals surface area contributed by atoms with E-state index in [2.05, 4.69) is 41.4 Å². The lowest BCUT2D eigenvalue weighted by Crippen LogP contribution is -2.58. The Morgan fingerprint density at radius 1 is 0.872 bits per heavy atom. The number of hydrogen-bond acceptors (Lipinski definition) is 4. The highest BCUT2D eigenvalue weighted by molar-refractivity contribution is 5.97. The third kappa shape index (κ3) is 7.09. The van der Waals surface area contributed by atoms with Gasteiger partial charge in [0.1, 0.15) is 6.04 Å². The minimum absolute atomic E-state index is 0.00103. The van der Waals surface area contributed by atoms with Crippen LogP contribution in [-0.2, 0) is 11.3 Å². The van der Waals surface area contributed by atoms with Gasteiger partial charge in [0.05, 0.1) is 0 Å². The van der Waals surface area contributed by atoms with Gasteiger partial charge in [0, 0.05) is 37.3 Å². The van der Waals surface area contributed by atoms with E-state index in [1.165, 1.54) is 36.8 Å². The van der Waals surface area contributed by atoms with Crippen molar-refractivity contribution >= 4 is 11.8 Å². The summed E-state index contributed by atoms with van der Waals surface area (Å²) in [5.41, 5.74) is 10.3. The topological polar surface area (TPSA) is 78.7 Å². The molecule has 2 aromatic carbocycles. The van der Waals surface area contributed by atoms with Crippen molar-refractivity contribution in [2.75, 3.05) is 19.6 Å². The number of nitrogens with zero attached hydrogens (tertiary/aromatic N) is 2. The molecule has 0 spiro atoms. The summed E-state index contributed by atoms with van der Waals surface area (Å²) in [6.45, 7) is 7.06. The van der Waals surface area contributed by atoms with Crippen molar-refractivity contribution in [2.45, 2.75) is 89.9 Å². The number of aryl methyl sites for hydroxylation is 2. The first kappa shape index (κ1) is 27.9. The highest BCUT2D eigenvalue weighted by atomic mass is 16.2. The zero-order valence-corrected chi connectivity index (χ0v) is 23.8. The molecule has 2 saturated carbocycles. The molecule has 210 valence electrons. The fourth-order valence-electron chi connectivity index (χ4n) is 6.63. The van der Waals surface area contributed by atoms with Crippen LogP contribution in [0.2, 0.25) is 0 Å². The predicted molar refractivity (Wildman–Crippen MR) is 156 cm³/mol. The summed E-state index contributed by atoms with van der Waals surface area (Å²) in [7, 11) is 0. The van der Waals surface area contributed by atoms with Crippen LogP contribution in [0.4, 0.5) is 0 Å². The molecule has 1 saturated heterocycles. The minimum atomic E-state index is -0.453. The third-order valence-electron chi connectivity index (χ3n) is 9.20. The molecule has 3 aliphatic rings. The standard InChI is InChI=1S/C33H46N4O2/c1-23-6-10-25(11-7-23)22-37(29-14-15-29)30-16-17-36(33(39)28-12-8-24(2)9-13-28)31(19-30)32(38)35-21-27-5-3-4-26(18-27)20-34/h6-13,26-27,29-31H,3-5,14-22,34H2,1-2H3,(H,35,38)/t26?,27?,30?,31-/m1/s1. The molecule has 3 fully saturated rings. The Balaban J connectivity index is 1.31. The maximum Gasteiger partial charge on any atom is 0.254 e. The Hall–Kier alpha value is -2.70. The van der Waals surface area contributed by atoms with Crippen LogP contribution < -0.4 is 11.1 Å². The number of carbonyl (C=O) groups excluding carboxylic acids is 2. The van der Waals surface area contributed by atoms with Crippen LogP contribution in [0.25, 0.3) is 0 Å². The first-order valence-electron chi connectivity index (χ1n) is 15.1. The molecule has 2 amide bonds. The van der Waals surface area contributed by atoms with Gasteiger partial charge in [0.15, 0.2) is 0 Å². The van der Waals surface area contributed by atoms with E-state index in [9.17, 15) is 9.59 Å². The Bertz CT molecular complexity index is 1110. The van der Waals surface area contributed by atoms with E-state index in [1.807, 2.05) is 36.1 Å². The van der Waals surface area contributed by atoms with Gasteiger partial charge in [0.25, 0.3) is 5.91 Å². The average molecular weight is 531 g/mol. The molecule has 2 aromatic rings. The summed E-state index contributed by atoms with van der Waals surface area (Å²) in [6.07, 6.45) is 8.62. The molecule has 3 N–H and O–H groups in total. The van der Waals surface area contributed by atoms with Gasteiger partial charge < -0.3 is 16.0 Å². The van der Waals surface area contributed by atoms with E-state index in [-0.39, 0.29) is 17.9 Å². The lowest BCUT2D eigenvalue weighted by Gasteiger charge is -2.43. The summed E-state index contributed by atoms with van der Waals surface area (Å²) in [5.74, 6) is 1.00. The molecule has 2 aliphatic carbocycles. The van der Waals surface area contributed by atoms with Crippen LogP contribution in [0.1, 0.15) is 78.4 Å². The van der Waals surface area contributed by atoms with E-state index >= 15 is 0 Å². The van der Waals surface area contributed by atoms with Crippen LogP contribution in [-0.4, -0.2) is 59.4 Å². The first-order valence-corrected chi connectivity index (χ1v) is 15.1. The van der Waals surface area contributed by atoms with Crippen LogP contribution >= 0.6 is 0 Å². The van der Waals surface area contributed by atoms with Crippen molar-refractivity contribution in [3.8, 4) is 0 Å². The van der Waals surface area contributed by atoms with Crippen molar-refractivity contribution in [3.05, 3.63) is 70.8 Å². The molecular weight excluding hydrogens is 484 g/mol. The molecular formula is C33H46N4O2. The average Bonchev–Trinajstić information content (AvgIpc) is 3.81.